The van der Waals surface area contributed by atoms with Crippen LogP contribution in [0.2, 0.25) is 13.3 Å². The minimum absolute atomic E-state index is 0.342. The van der Waals surface area contributed by atoms with Gasteiger partial charge in [-0.05, 0) is 0 Å². The maximum atomic E-state index is 6.69. The summed E-state index contributed by atoms with van der Waals surface area (Å²) in [6.45, 7) is 15.2. The van der Waals surface area contributed by atoms with E-state index in [9.17, 15) is 0 Å². The first-order valence-electron chi connectivity index (χ1n) is 13.4. The zero-order valence-corrected chi connectivity index (χ0v) is 24.6. The van der Waals surface area contributed by atoms with Crippen LogP contribution in [0.4, 0.5) is 0 Å². The number of benzene rings is 1. The van der Waals surface area contributed by atoms with E-state index in [0.29, 0.717) is 18.6 Å². The van der Waals surface area contributed by atoms with Crippen molar-refractivity contribution in [1.29, 1.82) is 0 Å². The third-order valence-electron chi connectivity index (χ3n) is 7.83. The fourth-order valence-electron chi connectivity index (χ4n) is 5.63. The Morgan fingerprint density at radius 1 is 0.938 bits per heavy atom. The second-order valence-electron chi connectivity index (χ2n) is 10.3. The topological polar surface area (TPSA) is 18.5 Å². The number of methoxy groups -OCH3 is 1. The van der Waals surface area contributed by atoms with E-state index in [4.69, 9.17) is 16.1 Å². The van der Waals surface area contributed by atoms with Gasteiger partial charge < -0.3 is 0 Å². The van der Waals surface area contributed by atoms with Gasteiger partial charge in [-0.2, -0.15) is 0 Å². The zero-order valence-electron chi connectivity index (χ0n) is 21.8. The van der Waals surface area contributed by atoms with Crippen LogP contribution in [0, 0.1) is 11.8 Å². The molecule has 182 valence electrons. The molecule has 0 radical (unpaired) electrons. The van der Waals surface area contributed by atoms with Crippen LogP contribution >= 0.6 is 0 Å². The van der Waals surface area contributed by atoms with Crippen molar-refractivity contribution >= 4 is 18.4 Å². The Bertz CT molecular complexity index is 632. The van der Waals surface area contributed by atoms with Crippen LogP contribution < -0.4 is 4.74 Å². The van der Waals surface area contributed by atoms with E-state index in [0.717, 1.165) is 11.7 Å². The van der Waals surface area contributed by atoms with Gasteiger partial charge in [-0.1, -0.05) is 0 Å². The average Bonchev–Trinajstić information content (AvgIpc) is 2.82. The standard InChI is InChI=1S/C17H23O2.3C4H9.Sn/c1-4-15-8-5-13(2)11-17(15)19-12-14-6-9-16(18-3)10-7-14;3*1-3-4-2;/h6-7,9-10,13,15,17H,1,5,8,11-12H2,2-3H3;3*1,3-4H2,2H3;/t13-,15-,17-;;;;/m1..../s1. The number of hydrogen-bond acceptors (Lipinski definition) is 2. The maximum absolute atomic E-state index is 6.69. The van der Waals surface area contributed by atoms with Gasteiger partial charge in [0.1, 0.15) is 0 Å². The van der Waals surface area contributed by atoms with Crippen LogP contribution in [0.25, 0.3) is 0 Å². The quantitative estimate of drug-likeness (QED) is 0.203. The summed E-state index contributed by atoms with van der Waals surface area (Å²) < 4.78 is 18.3. The second kappa shape index (κ2) is 14.7. The Morgan fingerprint density at radius 3 is 2.00 bits per heavy atom. The molecule has 3 heteroatoms. The molecule has 32 heavy (non-hydrogen) atoms. The Labute approximate surface area is 203 Å². The van der Waals surface area contributed by atoms with Gasteiger partial charge in [-0.3, -0.25) is 0 Å². The van der Waals surface area contributed by atoms with Crippen LogP contribution in [0.5, 0.6) is 5.75 Å². The molecule has 1 fully saturated rings. The van der Waals surface area contributed by atoms with E-state index in [1.807, 2.05) is 12.1 Å². The van der Waals surface area contributed by atoms with Crippen molar-refractivity contribution in [3.63, 3.8) is 0 Å². The van der Waals surface area contributed by atoms with Crippen molar-refractivity contribution in [1.82, 2.24) is 0 Å². The third kappa shape index (κ3) is 8.08. The molecule has 1 aromatic rings. The van der Waals surface area contributed by atoms with Gasteiger partial charge in [0.25, 0.3) is 0 Å². The van der Waals surface area contributed by atoms with Crippen LogP contribution in [-0.2, 0) is 11.3 Å². The first-order chi connectivity index (χ1) is 15.5. The van der Waals surface area contributed by atoms with Crippen molar-refractivity contribution < 1.29 is 9.47 Å². The Kier molecular flexibility index (Phi) is 12.8. The van der Waals surface area contributed by atoms with Crippen molar-refractivity contribution in [2.75, 3.05) is 7.11 Å². The van der Waals surface area contributed by atoms with Gasteiger partial charge in [-0.25, -0.2) is 0 Å². The number of hydrogen-bond donors (Lipinski definition) is 0. The summed E-state index contributed by atoms with van der Waals surface area (Å²) >= 11 is -2.46. The molecule has 0 bridgehead atoms. The van der Waals surface area contributed by atoms with E-state index in [2.05, 4.69) is 39.8 Å². The predicted octanol–water partition coefficient (Wildman–Crippen LogP) is 8.96. The first-order valence-corrected chi connectivity index (χ1v) is 20.9. The van der Waals surface area contributed by atoms with Crippen molar-refractivity contribution in [2.24, 2.45) is 11.8 Å². The fraction of sp³-hybridized carbons (Fsp3) is 0.724. The molecule has 2 nitrogen and oxygen atoms in total. The summed E-state index contributed by atoms with van der Waals surface area (Å²) in [7, 11) is 1.72. The summed E-state index contributed by atoms with van der Waals surface area (Å²) in [6, 6.07) is 8.37. The molecule has 0 N–H and O–H groups in total. The summed E-state index contributed by atoms with van der Waals surface area (Å²) in [6.07, 6.45) is 12.3. The van der Waals surface area contributed by atoms with Crippen LogP contribution in [0.1, 0.15) is 91.0 Å². The summed E-state index contributed by atoms with van der Waals surface area (Å²) in [5, 5.41) is 0. The molecule has 0 heterocycles. The molecule has 0 unspecified atom stereocenters. The molecular formula is C29H50O2Sn. The predicted molar refractivity (Wildman–Crippen MR) is 142 cm³/mol. The van der Waals surface area contributed by atoms with Crippen LogP contribution in [-0.4, -0.2) is 31.6 Å². The number of ether oxygens (including phenoxy) is 2. The fourth-order valence-corrected chi connectivity index (χ4v) is 22.5. The summed E-state index contributed by atoms with van der Waals surface area (Å²) in [5.74, 6) is 2.25. The molecule has 2 rings (SSSR count). The van der Waals surface area contributed by atoms with Gasteiger partial charge in [0.2, 0.25) is 0 Å². The molecule has 0 aliphatic heterocycles. The summed E-state index contributed by atoms with van der Waals surface area (Å²) in [4.78, 5) is 0. The van der Waals surface area contributed by atoms with E-state index in [-0.39, 0.29) is 0 Å². The summed E-state index contributed by atoms with van der Waals surface area (Å²) in [5.41, 5.74) is 1.24. The second-order valence-corrected chi connectivity index (χ2v) is 23.8. The van der Waals surface area contributed by atoms with Gasteiger partial charge in [0.15, 0.2) is 0 Å². The van der Waals surface area contributed by atoms with E-state index in [1.165, 1.54) is 76.7 Å². The van der Waals surface area contributed by atoms with E-state index in [1.54, 1.807) is 10.7 Å². The van der Waals surface area contributed by atoms with Gasteiger partial charge in [0.05, 0.1) is 0 Å². The normalized spacial score (nSPS) is 21.5. The van der Waals surface area contributed by atoms with Gasteiger partial charge >= 0.3 is 204 Å². The van der Waals surface area contributed by atoms with E-state index < -0.39 is 18.4 Å². The first kappa shape index (κ1) is 27.8. The molecule has 1 aliphatic rings. The molecule has 0 saturated heterocycles. The van der Waals surface area contributed by atoms with Crippen molar-refractivity contribution in [3.8, 4) is 5.75 Å². The molecule has 3 atom stereocenters. The molecule has 0 amide bonds. The van der Waals surface area contributed by atoms with Crippen molar-refractivity contribution in [3.05, 3.63) is 40.0 Å². The molecule has 0 aromatic heterocycles. The number of rotatable bonds is 15. The SMILES string of the molecule is C=[C]([C@@H]1CC[C@@H](C)C[C@H]1OCc1ccc(OC)cc1)[Sn]([CH2]CCC)([CH2]CCC)[CH2]CCC. The minimum atomic E-state index is -2.46. The Balaban J connectivity index is 2.20. The Hall–Kier alpha value is -0.481. The van der Waals surface area contributed by atoms with Crippen LogP contribution in [0.15, 0.2) is 34.4 Å². The third-order valence-corrected chi connectivity index (χ3v) is 24.0. The molecule has 1 aromatic carbocycles. The monoisotopic (exact) mass is 550 g/mol. The van der Waals surface area contributed by atoms with Gasteiger partial charge in [0, 0.05) is 0 Å². The van der Waals surface area contributed by atoms with Gasteiger partial charge in [-0.15, -0.1) is 0 Å². The average molecular weight is 549 g/mol. The Morgan fingerprint density at radius 2 is 1.50 bits per heavy atom. The molecule has 0 spiro atoms. The molecular weight excluding hydrogens is 499 g/mol. The molecule has 1 aliphatic carbocycles. The van der Waals surface area contributed by atoms with Crippen molar-refractivity contribution in [2.45, 2.75) is 112 Å². The number of unbranched alkanes of at least 4 members (excludes halogenated alkanes) is 3. The van der Waals surface area contributed by atoms with E-state index >= 15 is 0 Å². The molecule has 1 saturated carbocycles. The van der Waals surface area contributed by atoms with Crippen LogP contribution in [0.3, 0.4) is 0 Å². The zero-order chi connectivity index (χ0) is 23.4.